The molecule has 0 aliphatic heterocycles. The average Bonchev–Trinajstić information content (AvgIpc) is 2.42. The van der Waals surface area contributed by atoms with Crippen molar-refractivity contribution in [2.75, 3.05) is 11.9 Å². The molecular weight excluding hydrogens is 336 g/mol. The Kier molecular flexibility index (Phi) is 4.88. The van der Waals surface area contributed by atoms with Crippen molar-refractivity contribution in [3.05, 3.63) is 32.3 Å². The van der Waals surface area contributed by atoms with E-state index in [1.165, 1.54) is 12.5 Å². The van der Waals surface area contributed by atoms with Crippen molar-refractivity contribution in [3.8, 4) is 0 Å². The van der Waals surface area contributed by atoms with Gasteiger partial charge in [0.1, 0.15) is 0 Å². The molecule has 1 saturated carbocycles. The van der Waals surface area contributed by atoms with Crippen molar-refractivity contribution in [1.82, 2.24) is 0 Å². The van der Waals surface area contributed by atoms with Crippen molar-refractivity contribution in [2.24, 2.45) is 5.92 Å². The van der Waals surface area contributed by atoms with Gasteiger partial charge >= 0.3 is 0 Å². The summed E-state index contributed by atoms with van der Waals surface area (Å²) < 4.78 is 0.658. The van der Waals surface area contributed by atoms with Crippen molar-refractivity contribution in [3.63, 3.8) is 0 Å². The minimum absolute atomic E-state index is 0.0693. The van der Waals surface area contributed by atoms with Gasteiger partial charge in [0.05, 0.1) is 17.1 Å². The van der Waals surface area contributed by atoms with Gasteiger partial charge in [-0.25, -0.2) is 0 Å². The van der Waals surface area contributed by atoms with Crippen LogP contribution in [0, 0.1) is 23.0 Å². The van der Waals surface area contributed by atoms with E-state index in [1.807, 2.05) is 0 Å². The van der Waals surface area contributed by atoms with Crippen LogP contribution < -0.4 is 5.32 Å². The van der Waals surface area contributed by atoms with Crippen molar-refractivity contribution in [1.29, 1.82) is 0 Å². The molecule has 0 spiro atoms. The number of aliphatic hydroxyl groups is 1. The second-order valence-electron chi connectivity index (χ2n) is 6.14. The third-order valence-corrected chi connectivity index (χ3v) is 4.93. The molecule has 2 rings (SSSR count). The number of nitrogens with zero attached hydrogens (tertiary/aromatic N) is 1. The monoisotopic (exact) mass is 356 g/mol. The van der Waals surface area contributed by atoms with Crippen LogP contribution in [0.5, 0.6) is 0 Å². The molecule has 0 amide bonds. The van der Waals surface area contributed by atoms with E-state index in [4.69, 9.17) is 0 Å². The fourth-order valence-corrected chi connectivity index (χ4v) is 3.64. The number of nitro benzene ring substituents is 1. The minimum atomic E-state index is -0.381. The van der Waals surface area contributed by atoms with Crippen LogP contribution in [0.4, 0.5) is 11.4 Å². The van der Waals surface area contributed by atoms with Gasteiger partial charge in [-0.1, -0.05) is 19.8 Å². The molecule has 2 unspecified atom stereocenters. The van der Waals surface area contributed by atoms with Gasteiger partial charge in [0.25, 0.3) is 5.69 Å². The zero-order chi connectivity index (χ0) is 15.6. The Morgan fingerprint density at radius 3 is 2.86 bits per heavy atom. The number of rotatable bonds is 4. The third kappa shape index (κ3) is 3.55. The largest absolute Gasteiger partial charge is 0.394 e. The zero-order valence-corrected chi connectivity index (χ0v) is 13.9. The van der Waals surface area contributed by atoms with Crippen molar-refractivity contribution in [2.45, 2.75) is 45.1 Å². The normalized spacial score (nSPS) is 25.6. The molecule has 21 heavy (non-hydrogen) atoms. The van der Waals surface area contributed by atoms with Gasteiger partial charge in [0.2, 0.25) is 0 Å². The van der Waals surface area contributed by atoms with Crippen LogP contribution >= 0.6 is 15.9 Å². The van der Waals surface area contributed by atoms with Gasteiger partial charge in [-0.3, -0.25) is 10.1 Å². The summed E-state index contributed by atoms with van der Waals surface area (Å²) in [5.74, 6) is 0.566. The third-order valence-electron chi connectivity index (χ3n) is 4.28. The molecule has 1 aliphatic rings. The van der Waals surface area contributed by atoms with Crippen LogP contribution in [-0.4, -0.2) is 22.2 Å². The molecule has 6 heteroatoms. The maximum absolute atomic E-state index is 11.0. The number of benzene rings is 1. The molecule has 1 aromatic carbocycles. The Morgan fingerprint density at radius 1 is 1.57 bits per heavy atom. The number of hydrogen-bond donors (Lipinski definition) is 2. The number of halogens is 1. The lowest BCUT2D eigenvalue weighted by Crippen LogP contribution is -2.46. The van der Waals surface area contributed by atoms with E-state index in [-0.39, 0.29) is 22.8 Å². The van der Waals surface area contributed by atoms with Crippen molar-refractivity contribution < 1.29 is 10.0 Å². The SMILES string of the molecule is Cc1cc(NC2(CO)CCCC(C)C2)c(Br)cc1[N+](=O)[O-]. The Labute approximate surface area is 133 Å². The molecule has 0 aromatic heterocycles. The maximum atomic E-state index is 11.0. The second-order valence-corrected chi connectivity index (χ2v) is 6.99. The molecule has 1 aliphatic carbocycles. The standard InChI is InChI=1S/C15H21BrN2O3/c1-10-4-3-5-15(8-10,9-19)17-13-6-11(2)14(18(20)21)7-12(13)16/h6-7,10,17,19H,3-5,8-9H2,1-2H3. The first-order chi connectivity index (χ1) is 9.87. The van der Waals surface area contributed by atoms with Gasteiger partial charge in [-0.2, -0.15) is 0 Å². The second kappa shape index (κ2) is 6.32. The fraction of sp³-hybridized carbons (Fsp3) is 0.600. The molecule has 5 nitrogen and oxygen atoms in total. The van der Waals surface area contributed by atoms with Gasteiger partial charge in [-0.15, -0.1) is 0 Å². The zero-order valence-electron chi connectivity index (χ0n) is 12.4. The van der Waals surface area contributed by atoms with Crippen LogP contribution in [-0.2, 0) is 0 Å². The molecule has 2 N–H and O–H groups in total. The average molecular weight is 357 g/mol. The Hall–Kier alpha value is -1.14. The highest BCUT2D eigenvalue weighted by atomic mass is 79.9. The quantitative estimate of drug-likeness (QED) is 0.630. The highest BCUT2D eigenvalue weighted by Gasteiger charge is 2.35. The Balaban J connectivity index is 2.30. The number of hydrogen-bond acceptors (Lipinski definition) is 4. The van der Waals surface area contributed by atoms with Crippen LogP contribution in [0.15, 0.2) is 16.6 Å². The molecule has 0 heterocycles. The summed E-state index contributed by atoms with van der Waals surface area (Å²) in [6, 6.07) is 3.30. The molecule has 0 bridgehead atoms. The summed E-state index contributed by atoms with van der Waals surface area (Å²) in [5, 5.41) is 24.2. The lowest BCUT2D eigenvalue weighted by Gasteiger charge is -2.40. The summed E-state index contributed by atoms with van der Waals surface area (Å²) >= 11 is 3.40. The summed E-state index contributed by atoms with van der Waals surface area (Å²) in [4.78, 5) is 10.6. The smallest absolute Gasteiger partial charge is 0.273 e. The first-order valence-electron chi connectivity index (χ1n) is 7.20. The molecule has 2 atom stereocenters. The Morgan fingerprint density at radius 2 is 2.29 bits per heavy atom. The molecule has 0 saturated heterocycles. The van der Waals surface area contributed by atoms with Gasteiger partial charge < -0.3 is 10.4 Å². The van der Waals surface area contributed by atoms with Crippen LogP contribution in [0.2, 0.25) is 0 Å². The first kappa shape index (κ1) is 16.2. The van der Waals surface area contributed by atoms with Gasteiger partial charge in [-0.05, 0) is 47.7 Å². The number of nitro groups is 1. The van der Waals surface area contributed by atoms with E-state index < -0.39 is 0 Å². The number of aliphatic hydroxyl groups excluding tert-OH is 1. The van der Waals surface area contributed by atoms with E-state index in [0.29, 0.717) is 16.0 Å². The first-order valence-corrected chi connectivity index (χ1v) is 8.00. The van der Waals surface area contributed by atoms with E-state index in [0.717, 1.165) is 24.9 Å². The summed E-state index contributed by atoms with van der Waals surface area (Å²) in [7, 11) is 0. The van der Waals surface area contributed by atoms with Crippen LogP contribution in [0.25, 0.3) is 0 Å². The van der Waals surface area contributed by atoms with Crippen LogP contribution in [0.3, 0.4) is 0 Å². The van der Waals surface area contributed by atoms with Gasteiger partial charge in [0, 0.05) is 21.8 Å². The van der Waals surface area contributed by atoms with E-state index in [1.54, 1.807) is 13.0 Å². The highest BCUT2D eigenvalue weighted by Crippen LogP contribution is 2.38. The maximum Gasteiger partial charge on any atom is 0.273 e. The number of nitrogens with one attached hydrogen (secondary N) is 1. The fourth-order valence-electron chi connectivity index (χ4n) is 3.21. The predicted molar refractivity (Wildman–Crippen MR) is 86.6 cm³/mol. The van der Waals surface area contributed by atoms with Gasteiger partial charge in [0.15, 0.2) is 0 Å². The minimum Gasteiger partial charge on any atom is -0.394 e. The summed E-state index contributed by atoms with van der Waals surface area (Å²) in [6.45, 7) is 3.99. The molecular formula is C15H21BrN2O3. The lowest BCUT2D eigenvalue weighted by atomic mass is 9.76. The molecule has 1 aromatic rings. The molecule has 1 fully saturated rings. The van der Waals surface area contributed by atoms with Crippen LogP contribution in [0.1, 0.15) is 38.2 Å². The van der Waals surface area contributed by atoms with E-state index in [2.05, 4.69) is 28.2 Å². The topological polar surface area (TPSA) is 75.4 Å². The summed E-state index contributed by atoms with van der Waals surface area (Å²) in [5.41, 5.74) is 1.19. The Bertz CT molecular complexity index is 550. The molecule has 116 valence electrons. The lowest BCUT2D eigenvalue weighted by molar-refractivity contribution is -0.385. The van der Waals surface area contributed by atoms with Crippen molar-refractivity contribution >= 4 is 27.3 Å². The van der Waals surface area contributed by atoms with E-state index in [9.17, 15) is 15.2 Å². The molecule has 0 radical (unpaired) electrons. The summed E-state index contributed by atoms with van der Waals surface area (Å²) in [6.07, 6.45) is 4.09. The van der Waals surface area contributed by atoms with E-state index >= 15 is 0 Å². The predicted octanol–water partition coefficient (Wildman–Crippen LogP) is 4.02. The highest BCUT2D eigenvalue weighted by molar-refractivity contribution is 9.10. The number of anilines is 1. The number of aryl methyl sites for hydroxylation is 1.